The average molecular weight is 275 g/mol. The minimum Gasteiger partial charge on any atom is -0.469 e. The van der Waals surface area contributed by atoms with E-state index in [1.807, 2.05) is 24.3 Å². The van der Waals surface area contributed by atoms with Crippen molar-refractivity contribution >= 4 is 22.8 Å². The fourth-order valence-electron chi connectivity index (χ4n) is 2.27. The van der Waals surface area contributed by atoms with E-state index in [1.165, 1.54) is 7.11 Å². The molecule has 1 atom stereocenters. The summed E-state index contributed by atoms with van der Waals surface area (Å²) in [5, 5.41) is 0.827. The first kappa shape index (κ1) is 14.1. The molecule has 1 aromatic heterocycles. The SMILES string of the molecule is CCOC(=O)c1[nH]c2ccccc2c1C(C)C(=O)OC. The van der Waals surface area contributed by atoms with Crippen LogP contribution in [0.1, 0.15) is 35.8 Å². The van der Waals surface area contributed by atoms with Gasteiger partial charge in [-0.2, -0.15) is 0 Å². The van der Waals surface area contributed by atoms with Crippen LogP contribution in [0.4, 0.5) is 0 Å². The standard InChI is InChI=1S/C15H17NO4/c1-4-20-15(18)13-12(9(2)14(17)19-3)10-7-5-6-8-11(10)16-13/h5-9,16H,4H2,1-3H3. The Kier molecular flexibility index (Phi) is 4.08. The molecular formula is C15H17NO4. The Morgan fingerprint density at radius 1 is 1.30 bits per heavy atom. The molecule has 2 aromatic rings. The van der Waals surface area contributed by atoms with Crippen LogP contribution in [-0.4, -0.2) is 30.6 Å². The van der Waals surface area contributed by atoms with Gasteiger partial charge in [-0.05, 0) is 19.9 Å². The molecule has 0 fully saturated rings. The van der Waals surface area contributed by atoms with Crippen LogP contribution in [0, 0.1) is 0 Å². The van der Waals surface area contributed by atoms with Crippen molar-refractivity contribution < 1.29 is 19.1 Å². The predicted octanol–water partition coefficient (Wildman–Crippen LogP) is 2.62. The molecule has 1 unspecified atom stereocenters. The highest BCUT2D eigenvalue weighted by Crippen LogP contribution is 2.30. The van der Waals surface area contributed by atoms with Gasteiger partial charge in [0.2, 0.25) is 0 Å². The molecule has 0 amide bonds. The van der Waals surface area contributed by atoms with Crippen LogP contribution in [0.5, 0.6) is 0 Å². The first-order valence-corrected chi connectivity index (χ1v) is 6.45. The fraction of sp³-hybridized carbons (Fsp3) is 0.333. The number of para-hydroxylation sites is 1. The van der Waals surface area contributed by atoms with Gasteiger partial charge in [-0.1, -0.05) is 18.2 Å². The number of rotatable bonds is 4. The smallest absolute Gasteiger partial charge is 0.355 e. The number of aromatic amines is 1. The second kappa shape index (κ2) is 5.77. The van der Waals surface area contributed by atoms with Crippen LogP contribution in [0.25, 0.3) is 10.9 Å². The van der Waals surface area contributed by atoms with E-state index >= 15 is 0 Å². The molecule has 5 nitrogen and oxygen atoms in total. The van der Waals surface area contributed by atoms with E-state index in [2.05, 4.69) is 4.98 Å². The third-order valence-corrected chi connectivity index (χ3v) is 3.21. The molecule has 1 aromatic carbocycles. The lowest BCUT2D eigenvalue weighted by Crippen LogP contribution is -2.15. The quantitative estimate of drug-likeness (QED) is 0.871. The van der Waals surface area contributed by atoms with Crippen molar-refractivity contribution in [2.24, 2.45) is 0 Å². The fourth-order valence-corrected chi connectivity index (χ4v) is 2.27. The maximum absolute atomic E-state index is 12.0. The number of methoxy groups -OCH3 is 1. The summed E-state index contributed by atoms with van der Waals surface area (Å²) in [5.74, 6) is -1.40. The van der Waals surface area contributed by atoms with Gasteiger partial charge in [0.25, 0.3) is 0 Å². The van der Waals surface area contributed by atoms with Crippen LogP contribution < -0.4 is 0 Å². The van der Waals surface area contributed by atoms with Gasteiger partial charge in [0.15, 0.2) is 0 Å². The van der Waals surface area contributed by atoms with Crippen molar-refractivity contribution in [3.63, 3.8) is 0 Å². The normalized spacial score (nSPS) is 12.2. The summed E-state index contributed by atoms with van der Waals surface area (Å²) in [4.78, 5) is 26.9. The molecule has 0 bridgehead atoms. The largest absolute Gasteiger partial charge is 0.469 e. The Balaban J connectivity index is 2.61. The van der Waals surface area contributed by atoms with Gasteiger partial charge in [-0.3, -0.25) is 4.79 Å². The maximum Gasteiger partial charge on any atom is 0.355 e. The predicted molar refractivity (Wildman–Crippen MR) is 74.7 cm³/mol. The summed E-state index contributed by atoms with van der Waals surface area (Å²) in [6.07, 6.45) is 0. The van der Waals surface area contributed by atoms with Crippen molar-refractivity contribution in [1.29, 1.82) is 0 Å². The topological polar surface area (TPSA) is 68.4 Å². The molecule has 1 N–H and O–H groups in total. The minimum absolute atomic E-state index is 0.278. The number of fused-ring (bicyclic) bond motifs is 1. The molecule has 0 spiro atoms. The van der Waals surface area contributed by atoms with Crippen molar-refractivity contribution in [3.8, 4) is 0 Å². The molecular weight excluding hydrogens is 258 g/mol. The number of ether oxygens (including phenoxy) is 2. The van der Waals surface area contributed by atoms with E-state index in [1.54, 1.807) is 13.8 Å². The van der Waals surface area contributed by atoms with Crippen molar-refractivity contribution in [2.45, 2.75) is 19.8 Å². The van der Waals surface area contributed by atoms with Crippen LogP contribution in [-0.2, 0) is 14.3 Å². The van der Waals surface area contributed by atoms with Gasteiger partial charge in [0.05, 0.1) is 19.6 Å². The summed E-state index contributed by atoms with van der Waals surface area (Å²) in [6, 6.07) is 7.44. The Labute approximate surface area is 116 Å². The lowest BCUT2D eigenvalue weighted by molar-refractivity contribution is -0.141. The summed E-state index contributed by atoms with van der Waals surface area (Å²) >= 11 is 0. The van der Waals surface area contributed by atoms with Crippen molar-refractivity contribution in [2.75, 3.05) is 13.7 Å². The van der Waals surface area contributed by atoms with Crippen LogP contribution in [0.15, 0.2) is 24.3 Å². The van der Waals surface area contributed by atoms with Gasteiger partial charge >= 0.3 is 11.9 Å². The van der Waals surface area contributed by atoms with Crippen LogP contribution in [0.2, 0.25) is 0 Å². The molecule has 0 aliphatic rings. The number of carbonyl (C=O) groups excluding carboxylic acids is 2. The molecule has 106 valence electrons. The van der Waals surface area contributed by atoms with E-state index in [0.29, 0.717) is 11.3 Å². The first-order valence-electron chi connectivity index (χ1n) is 6.45. The second-order valence-corrected chi connectivity index (χ2v) is 4.42. The number of esters is 2. The lowest BCUT2D eigenvalue weighted by Gasteiger charge is -2.10. The molecule has 1 heterocycles. The maximum atomic E-state index is 12.0. The van der Waals surface area contributed by atoms with Crippen molar-refractivity contribution in [1.82, 2.24) is 4.98 Å². The number of H-pyrrole nitrogens is 1. The summed E-state index contributed by atoms with van der Waals surface area (Å²) in [5.41, 5.74) is 1.72. The molecule has 0 saturated carbocycles. The highest BCUT2D eigenvalue weighted by molar-refractivity contribution is 6.01. The summed E-state index contributed by atoms with van der Waals surface area (Å²) in [6.45, 7) is 3.73. The number of aromatic nitrogens is 1. The zero-order chi connectivity index (χ0) is 14.7. The molecule has 0 radical (unpaired) electrons. The minimum atomic E-state index is -0.546. The number of hydrogen-bond donors (Lipinski definition) is 1. The van der Waals surface area contributed by atoms with Crippen LogP contribution >= 0.6 is 0 Å². The number of benzene rings is 1. The van der Waals surface area contributed by atoms with E-state index in [4.69, 9.17) is 9.47 Å². The number of carbonyl (C=O) groups is 2. The Hall–Kier alpha value is -2.30. The molecule has 20 heavy (non-hydrogen) atoms. The van der Waals surface area contributed by atoms with Gasteiger partial charge in [0.1, 0.15) is 5.69 Å². The summed E-state index contributed by atoms with van der Waals surface area (Å²) in [7, 11) is 1.33. The monoisotopic (exact) mass is 275 g/mol. The van der Waals surface area contributed by atoms with Crippen LogP contribution in [0.3, 0.4) is 0 Å². The highest BCUT2D eigenvalue weighted by atomic mass is 16.5. The molecule has 2 rings (SSSR count). The van der Waals surface area contributed by atoms with Crippen molar-refractivity contribution in [3.05, 3.63) is 35.5 Å². The Morgan fingerprint density at radius 3 is 2.65 bits per heavy atom. The first-order chi connectivity index (χ1) is 9.60. The zero-order valence-corrected chi connectivity index (χ0v) is 11.7. The van der Waals surface area contributed by atoms with Gasteiger partial charge in [0, 0.05) is 16.5 Å². The molecule has 0 aliphatic carbocycles. The van der Waals surface area contributed by atoms with E-state index < -0.39 is 11.9 Å². The van der Waals surface area contributed by atoms with Gasteiger partial charge < -0.3 is 14.5 Å². The third kappa shape index (κ3) is 2.39. The highest BCUT2D eigenvalue weighted by Gasteiger charge is 2.27. The third-order valence-electron chi connectivity index (χ3n) is 3.21. The van der Waals surface area contributed by atoms with Gasteiger partial charge in [-0.25, -0.2) is 4.79 Å². The van der Waals surface area contributed by atoms with E-state index in [-0.39, 0.29) is 12.6 Å². The molecule has 5 heteroatoms. The average Bonchev–Trinajstić information content (AvgIpc) is 2.85. The Morgan fingerprint density at radius 2 is 2.00 bits per heavy atom. The van der Waals surface area contributed by atoms with E-state index in [9.17, 15) is 9.59 Å². The molecule has 0 saturated heterocycles. The lowest BCUT2D eigenvalue weighted by atomic mass is 9.97. The number of nitrogens with one attached hydrogen (secondary N) is 1. The van der Waals surface area contributed by atoms with E-state index in [0.717, 1.165) is 10.9 Å². The number of hydrogen-bond acceptors (Lipinski definition) is 4. The second-order valence-electron chi connectivity index (χ2n) is 4.42. The summed E-state index contributed by atoms with van der Waals surface area (Å²) < 4.78 is 9.81. The zero-order valence-electron chi connectivity index (χ0n) is 11.7. The molecule has 0 aliphatic heterocycles. The van der Waals surface area contributed by atoms with Gasteiger partial charge in [-0.15, -0.1) is 0 Å². The Bertz CT molecular complexity index is 644.